The lowest BCUT2D eigenvalue weighted by molar-refractivity contribution is -0.271. The fourth-order valence-electron chi connectivity index (χ4n) is 7.75. The molecule has 0 aliphatic carbocycles. The molecule has 5 saturated heterocycles. The van der Waals surface area contributed by atoms with Crippen LogP contribution in [0.2, 0.25) is 0 Å². The van der Waals surface area contributed by atoms with Crippen molar-refractivity contribution in [3.05, 3.63) is 33.1 Å². The number of aliphatic hydroxyl groups is 1. The van der Waals surface area contributed by atoms with Crippen LogP contribution in [-0.4, -0.2) is 161 Å². The molecule has 0 saturated carbocycles. The van der Waals surface area contributed by atoms with Gasteiger partial charge in [-0.2, -0.15) is 0 Å². The third kappa shape index (κ3) is 7.94. The second-order valence-corrected chi connectivity index (χ2v) is 16.0. The molecule has 5 aliphatic rings. The number of amides is 2. The van der Waals surface area contributed by atoms with Crippen LogP contribution in [0, 0.1) is 0 Å². The molecule has 0 aromatic carbocycles. The van der Waals surface area contributed by atoms with E-state index in [1.165, 1.54) is 18.1 Å². The molecule has 3 N–H and O–H groups in total. The van der Waals surface area contributed by atoms with Crippen molar-refractivity contribution in [1.82, 2.24) is 24.7 Å². The van der Waals surface area contributed by atoms with Crippen LogP contribution in [0.15, 0.2) is 21.9 Å². The molecule has 1 aromatic rings. The topological polar surface area (TPSA) is 228 Å². The molecule has 12 atom stereocenters. The van der Waals surface area contributed by atoms with Gasteiger partial charge in [-0.15, -0.1) is 0 Å². The van der Waals surface area contributed by atoms with E-state index in [9.17, 15) is 29.1 Å². The number of esters is 1. The Hall–Kier alpha value is -3.47. The Morgan fingerprint density at radius 3 is 2.26 bits per heavy atom. The predicted octanol–water partition coefficient (Wildman–Crippen LogP) is -1.22. The maximum absolute atomic E-state index is 14.6. The van der Waals surface area contributed by atoms with Gasteiger partial charge in [-0.25, -0.2) is 14.4 Å². The van der Waals surface area contributed by atoms with Gasteiger partial charge in [0.2, 0.25) is 5.91 Å². The number of aromatic amines is 1. The Labute approximate surface area is 311 Å². The minimum absolute atomic E-state index is 0.0506. The largest absolute Gasteiger partial charge is 0.467 e. The molecule has 0 bridgehead atoms. The van der Waals surface area contributed by atoms with Gasteiger partial charge in [-0.3, -0.25) is 24.0 Å². The van der Waals surface area contributed by atoms with Crippen LogP contribution in [0.4, 0.5) is 4.79 Å². The number of ether oxygens (including phenoxy) is 9. The molecule has 5 fully saturated rings. The van der Waals surface area contributed by atoms with Gasteiger partial charge in [0.1, 0.15) is 54.4 Å². The number of carbonyl (C=O) groups is 3. The van der Waals surface area contributed by atoms with Gasteiger partial charge in [0.25, 0.3) is 5.56 Å². The molecule has 8 unspecified atom stereocenters. The molecular weight excluding hydrogens is 718 g/mol. The number of hydrogen-bond acceptors (Lipinski definition) is 16. The normalized spacial score (nSPS) is 36.7. The first-order valence-corrected chi connectivity index (χ1v) is 17.8. The maximum atomic E-state index is 14.6. The first-order chi connectivity index (χ1) is 25.1. The molecule has 2 amide bonds. The molecule has 6 heterocycles. The van der Waals surface area contributed by atoms with Crippen LogP contribution in [0.1, 0.15) is 54.7 Å². The standard InChI is InChI=1S/C34H51N5O15/c1-32(2,3)54-31(45)35-13-16-20-25(53-33(4,5)50-20)29(47-16)49-21(19-26(42)38(9)18(28(43)46-10)15(40)14-37(19)8)22-23-24(52-34(6,7)51-23)27(48-22)39-12-11-17(41)36-30(39)44/h11-12,15-16,18-25,27,29,40H,13-14H2,1-10H3,(H,35,45)(H,36,41,44)/t15-,16?,18-,19-,20?,21-,22?,23?,24?,25?,27?,29?/m0/s1. The van der Waals surface area contributed by atoms with Crippen LogP contribution in [0.5, 0.6) is 0 Å². The van der Waals surface area contributed by atoms with Crippen molar-refractivity contribution in [1.29, 1.82) is 0 Å². The van der Waals surface area contributed by atoms with Gasteiger partial charge >= 0.3 is 17.8 Å². The van der Waals surface area contributed by atoms with Crippen molar-refractivity contribution < 1.29 is 62.1 Å². The summed E-state index contributed by atoms with van der Waals surface area (Å²) in [7, 11) is 4.10. The first-order valence-electron chi connectivity index (χ1n) is 17.8. The van der Waals surface area contributed by atoms with Crippen LogP contribution in [0.3, 0.4) is 0 Å². The second kappa shape index (κ2) is 14.6. The third-order valence-corrected chi connectivity index (χ3v) is 9.85. The van der Waals surface area contributed by atoms with Gasteiger partial charge in [-0.1, -0.05) is 0 Å². The minimum atomic E-state index is -1.36. The third-order valence-electron chi connectivity index (χ3n) is 9.85. The molecule has 5 aliphatic heterocycles. The van der Waals surface area contributed by atoms with E-state index in [2.05, 4.69) is 10.3 Å². The molecule has 6 rings (SSSR count). The Bertz CT molecular complexity index is 1710. The van der Waals surface area contributed by atoms with Crippen LogP contribution in [0.25, 0.3) is 0 Å². The number of alkyl carbamates (subject to hydrolysis) is 1. The van der Waals surface area contributed by atoms with Crippen molar-refractivity contribution >= 4 is 18.0 Å². The first kappa shape index (κ1) is 40.2. The minimum Gasteiger partial charge on any atom is -0.467 e. The van der Waals surface area contributed by atoms with Gasteiger partial charge in [0.05, 0.1) is 13.2 Å². The summed E-state index contributed by atoms with van der Waals surface area (Å²) in [6.07, 6.45) is -10.0. The van der Waals surface area contributed by atoms with E-state index in [0.29, 0.717) is 0 Å². The highest BCUT2D eigenvalue weighted by Gasteiger charge is 2.63. The summed E-state index contributed by atoms with van der Waals surface area (Å²) in [4.78, 5) is 69.9. The van der Waals surface area contributed by atoms with E-state index in [1.54, 1.807) is 55.5 Å². The highest BCUT2D eigenvalue weighted by atomic mass is 16.8. The lowest BCUT2D eigenvalue weighted by atomic mass is 9.97. The molecule has 302 valence electrons. The number of β-amino-alcohol motifs (C(OH)–C–C–N with tert-alkyl or cyclic N) is 1. The fourth-order valence-corrected chi connectivity index (χ4v) is 7.75. The monoisotopic (exact) mass is 769 g/mol. The zero-order valence-corrected chi connectivity index (χ0v) is 32.0. The summed E-state index contributed by atoms with van der Waals surface area (Å²) in [5, 5.41) is 13.9. The highest BCUT2D eigenvalue weighted by molar-refractivity contribution is 5.89. The summed E-state index contributed by atoms with van der Waals surface area (Å²) >= 11 is 0. The van der Waals surface area contributed by atoms with Crippen molar-refractivity contribution in [3.63, 3.8) is 0 Å². The molecule has 0 spiro atoms. The molecule has 1 aromatic heterocycles. The van der Waals surface area contributed by atoms with Crippen LogP contribution in [-0.2, 0) is 52.2 Å². The van der Waals surface area contributed by atoms with Crippen molar-refractivity contribution in [3.8, 4) is 0 Å². The highest BCUT2D eigenvalue weighted by Crippen LogP contribution is 2.46. The number of methoxy groups -OCH3 is 1. The van der Waals surface area contributed by atoms with Gasteiger partial charge in [0, 0.05) is 32.4 Å². The molecule has 54 heavy (non-hydrogen) atoms. The van der Waals surface area contributed by atoms with Crippen LogP contribution >= 0.6 is 0 Å². The number of hydrogen-bond donors (Lipinski definition) is 3. The number of aromatic nitrogens is 2. The Morgan fingerprint density at radius 2 is 1.63 bits per heavy atom. The van der Waals surface area contributed by atoms with E-state index in [0.717, 1.165) is 22.6 Å². The Balaban J connectivity index is 1.39. The quantitative estimate of drug-likeness (QED) is 0.264. The zero-order chi connectivity index (χ0) is 39.7. The second-order valence-electron chi connectivity index (χ2n) is 16.0. The predicted molar refractivity (Wildman–Crippen MR) is 182 cm³/mol. The average molecular weight is 770 g/mol. The van der Waals surface area contributed by atoms with E-state index < -0.39 is 120 Å². The number of aliphatic hydroxyl groups excluding tert-OH is 1. The van der Waals surface area contributed by atoms with E-state index >= 15 is 0 Å². The van der Waals surface area contributed by atoms with E-state index in [-0.39, 0.29) is 13.1 Å². The maximum Gasteiger partial charge on any atom is 0.407 e. The van der Waals surface area contributed by atoms with Gasteiger partial charge in [-0.05, 0) is 55.5 Å². The van der Waals surface area contributed by atoms with E-state index in [1.807, 2.05) is 0 Å². The SMILES string of the molecule is COC(=O)[C@@H]1[C@@H](O)CN(C)[C@@H]([C@H](OC2OC(CNC(=O)OC(C)(C)C)C3OC(C)(C)OC23)C2OC(n3ccc(=O)[nH]c3=O)C3OC(C)(C)OC32)C(=O)N1C. The molecule has 20 nitrogen and oxygen atoms in total. The zero-order valence-electron chi connectivity index (χ0n) is 32.0. The Morgan fingerprint density at radius 1 is 1.00 bits per heavy atom. The summed E-state index contributed by atoms with van der Waals surface area (Å²) in [5.41, 5.74) is -2.14. The number of carbonyl (C=O) groups excluding carboxylic acids is 3. The lowest BCUT2D eigenvalue weighted by Gasteiger charge is -2.39. The van der Waals surface area contributed by atoms with Gasteiger partial charge < -0.3 is 58.0 Å². The summed E-state index contributed by atoms with van der Waals surface area (Å²) in [6.45, 7) is 11.8. The number of likely N-dealkylation sites (N-methyl/N-ethyl adjacent to an activating group) is 2. The number of rotatable bonds is 8. The van der Waals surface area contributed by atoms with Crippen molar-refractivity contribution in [2.75, 3.05) is 34.3 Å². The van der Waals surface area contributed by atoms with Crippen LogP contribution < -0.4 is 16.6 Å². The van der Waals surface area contributed by atoms with E-state index in [4.69, 9.17) is 42.6 Å². The molecular formula is C34H51N5O15. The average Bonchev–Trinajstić information content (AvgIpc) is 3.73. The number of nitrogens with zero attached hydrogens (tertiary/aromatic N) is 3. The van der Waals surface area contributed by atoms with Crippen molar-refractivity contribution in [2.45, 2.75) is 139 Å². The summed E-state index contributed by atoms with van der Waals surface area (Å²) < 4.78 is 56.3. The smallest absolute Gasteiger partial charge is 0.407 e. The summed E-state index contributed by atoms with van der Waals surface area (Å²) in [6, 6.07) is -1.47. The number of fused-ring (bicyclic) bond motifs is 2. The Kier molecular flexibility index (Phi) is 10.8. The van der Waals surface area contributed by atoms with Crippen molar-refractivity contribution in [2.24, 2.45) is 0 Å². The van der Waals surface area contributed by atoms with Gasteiger partial charge in [0.15, 0.2) is 30.1 Å². The number of nitrogens with one attached hydrogen (secondary N) is 2. The number of H-pyrrole nitrogens is 1. The lowest BCUT2D eigenvalue weighted by Crippen LogP contribution is -2.60. The molecule has 0 radical (unpaired) electrons. The fraction of sp³-hybridized carbons (Fsp3) is 0.794. The molecule has 20 heteroatoms. The summed E-state index contributed by atoms with van der Waals surface area (Å²) in [5.74, 6) is -3.74.